The number of fused-ring (bicyclic) bond motifs is 1. The second-order valence-electron chi connectivity index (χ2n) is 13.0. The molecule has 41 heavy (non-hydrogen) atoms. The highest BCUT2D eigenvalue weighted by atomic mass is 32.2. The number of carbonyl (C=O) groups is 3. The Morgan fingerprint density at radius 3 is 1.98 bits per heavy atom. The Bertz CT molecular complexity index is 1190. The number of benzene rings is 1. The van der Waals surface area contributed by atoms with Crippen molar-refractivity contribution in [1.82, 2.24) is 0 Å². The maximum absolute atomic E-state index is 13.7. The van der Waals surface area contributed by atoms with Crippen molar-refractivity contribution in [2.24, 2.45) is 10.8 Å². The van der Waals surface area contributed by atoms with Gasteiger partial charge in [-0.15, -0.1) is 0 Å². The van der Waals surface area contributed by atoms with Gasteiger partial charge < -0.3 is 19.3 Å². The van der Waals surface area contributed by atoms with E-state index in [1.165, 1.54) is 0 Å². The van der Waals surface area contributed by atoms with E-state index < -0.39 is 56.2 Å². The van der Waals surface area contributed by atoms with Crippen LogP contribution in [0, 0.1) is 10.8 Å². The minimum absolute atomic E-state index is 0.0631. The SMILES string of the molecule is CCOC(=O)C1(C(=O)OCC)Cc2ccc(C(C)(CCCC(C)(C)CS(=O)(=O)CCO)C(=O)OC(C)(C)C)cc2C1. The Hall–Kier alpha value is -2.46. The minimum atomic E-state index is -3.41. The summed E-state index contributed by atoms with van der Waals surface area (Å²) in [5.41, 5.74) is -1.54. The lowest BCUT2D eigenvalue weighted by atomic mass is 9.75. The minimum Gasteiger partial charge on any atom is -0.465 e. The molecule has 1 aliphatic rings. The molecule has 0 aromatic heterocycles. The van der Waals surface area contributed by atoms with E-state index in [4.69, 9.17) is 19.3 Å². The van der Waals surface area contributed by atoms with Crippen LogP contribution in [0.1, 0.15) is 91.3 Å². The molecule has 0 saturated carbocycles. The third-order valence-corrected chi connectivity index (χ3v) is 9.58. The fourth-order valence-electron chi connectivity index (χ4n) is 5.48. The number of rotatable bonds is 14. The summed E-state index contributed by atoms with van der Waals surface area (Å²) in [5.74, 6) is -1.99. The van der Waals surface area contributed by atoms with Crippen molar-refractivity contribution in [3.05, 3.63) is 34.9 Å². The Morgan fingerprint density at radius 1 is 0.902 bits per heavy atom. The summed E-state index contributed by atoms with van der Waals surface area (Å²) in [7, 11) is -3.41. The van der Waals surface area contributed by atoms with Gasteiger partial charge in [0.2, 0.25) is 0 Å². The lowest BCUT2D eigenvalue weighted by molar-refractivity contribution is -0.171. The second kappa shape index (κ2) is 13.2. The van der Waals surface area contributed by atoms with E-state index in [1.807, 2.05) is 39.0 Å². The number of aliphatic hydroxyl groups excluding tert-OH is 1. The van der Waals surface area contributed by atoms with E-state index in [2.05, 4.69) is 0 Å². The van der Waals surface area contributed by atoms with Gasteiger partial charge in [-0.2, -0.15) is 0 Å². The molecule has 0 amide bonds. The molecule has 0 aliphatic heterocycles. The van der Waals surface area contributed by atoms with Crippen LogP contribution in [0.4, 0.5) is 0 Å². The van der Waals surface area contributed by atoms with Crippen molar-refractivity contribution in [3.8, 4) is 0 Å². The number of sulfone groups is 1. The van der Waals surface area contributed by atoms with Crippen molar-refractivity contribution >= 4 is 27.7 Å². The van der Waals surface area contributed by atoms with E-state index in [0.29, 0.717) is 24.8 Å². The summed E-state index contributed by atoms with van der Waals surface area (Å²) in [5, 5.41) is 9.09. The molecular formula is C31H48O9S. The first-order valence-electron chi connectivity index (χ1n) is 14.4. The van der Waals surface area contributed by atoms with E-state index in [0.717, 1.165) is 11.1 Å². The van der Waals surface area contributed by atoms with Crippen LogP contribution < -0.4 is 0 Å². The number of ether oxygens (including phenoxy) is 3. The van der Waals surface area contributed by atoms with Crippen LogP contribution in [0.3, 0.4) is 0 Å². The maximum atomic E-state index is 13.7. The summed E-state index contributed by atoms with van der Waals surface area (Å²) in [4.78, 5) is 39.7. The monoisotopic (exact) mass is 596 g/mol. The van der Waals surface area contributed by atoms with Gasteiger partial charge in [-0.05, 0) is 89.3 Å². The van der Waals surface area contributed by atoms with Crippen molar-refractivity contribution in [2.45, 2.75) is 98.5 Å². The Labute approximate surface area is 245 Å². The van der Waals surface area contributed by atoms with Crippen LogP contribution in [0.25, 0.3) is 0 Å². The van der Waals surface area contributed by atoms with Gasteiger partial charge in [0, 0.05) is 0 Å². The van der Waals surface area contributed by atoms with Gasteiger partial charge in [0.1, 0.15) is 5.60 Å². The fraction of sp³-hybridized carbons (Fsp3) is 0.710. The average molecular weight is 597 g/mol. The molecule has 2 rings (SSSR count). The molecule has 0 radical (unpaired) electrons. The Kier molecular flexibility index (Phi) is 11.2. The van der Waals surface area contributed by atoms with Crippen LogP contribution in [0.15, 0.2) is 18.2 Å². The largest absolute Gasteiger partial charge is 0.465 e. The number of aliphatic hydroxyl groups is 1. The van der Waals surface area contributed by atoms with Crippen molar-refractivity contribution < 1.29 is 42.1 Å². The van der Waals surface area contributed by atoms with Crippen molar-refractivity contribution in [3.63, 3.8) is 0 Å². The number of hydrogen-bond acceptors (Lipinski definition) is 9. The lowest BCUT2D eigenvalue weighted by Gasteiger charge is -2.33. The lowest BCUT2D eigenvalue weighted by Crippen LogP contribution is -2.43. The molecule has 1 atom stereocenters. The summed E-state index contributed by atoms with van der Waals surface area (Å²) in [6, 6.07) is 5.56. The number of carbonyl (C=O) groups excluding carboxylic acids is 3. The maximum Gasteiger partial charge on any atom is 0.324 e. The van der Waals surface area contributed by atoms with Gasteiger partial charge in [0.05, 0.1) is 36.7 Å². The van der Waals surface area contributed by atoms with E-state index in [-0.39, 0.29) is 37.6 Å². The topological polar surface area (TPSA) is 133 Å². The summed E-state index contributed by atoms with van der Waals surface area (Å²) in [6.07, 6.45) is 1.73. The van der Waals surface area contributed by atoms with Crippen LogP contribution in [-0.2, 0) is 56.7 Å². The van der Waals surface area contributed by atoms with Crippen LogP contribution in [0.5, 0.6) is 0 Å². The van der Waals surface area contributed by atoms with E-state index in [9.17, 15) is 22.8 Å². The molecule has 0 saturated heterocycles. The first-order valence-corrected chi connectivity index (χ1v) is 16.2. The van der Waals surface area contributed by atoms with Gasteiger partial charge in [0.25, 0.3) is 0 Å². The van der Waals surface area contributed by atoms with E-state index in [1.54, 1.807) is 34.6 Å². The van der Waals surface area contributed by atoms with Gasteiger partial charge in [0.15, 0.2) is 15.3 Å². The molecule has 232 valence electrons. The van der Waals surface area contributed by atoms with Crippen LogP contribution >= 0.6 is 0 Å². The molecule has 0 heterocycles. The first kappa shape index (κ1) is 34.7. The zero-order valence-corrected chi connectivity index (χ0v) is 26.7. The zero-order valence-electron chi connectivity index (χ0n) is 25.9. The highest BCUT2D eigenvalue weighted by Gasteiger charge is 2.53. The third kappa shape index (κ3) is 8.77. The molecule has 0 fully saturated rings. The standard InChI is InChI=1S/C31H48O9S/c1-9-38-26(34)31(27(35)39-10-2)19-22-12-13-24(18-23(22)20-31)30(8,25(33)40-28(3,4)5)15-11-14-29(6,7)21-41(36,37)17-16-32/h12-13,18,32H,9-11,14-17,19-21H2,1-8H3. The summed E-state index contributed by atoms with van der Waals surface area (Å²) < 4.78 is 41.1. The van der Waals surface area contributed by atoms with Crippen molar-refractivity contribution in [2.75, 3.05) is 31.3 Å². The van der Waals surface area contributed by atoms with Crippen molar-refractivity contribution in [1.29, 1.82) is 0 Å². The summed E-state index contributed by atoms with van der Waals surface area (Å²) >= 11 is 0. The number of hydrogen-bond donors (Lipinski definition) is 1. The molecular weight excluding hydrogens is 548 g/mol. The molecule has 10 heteroatoms. The van der Waals surface area contributed by atoms with Gasteiger partial charge in [-0.25, -0.2) is 8.42 Å². The molecule has 9 nitrogen and oxygen atoms in total. The quantitative estimate of drug-likeness (QED) is 0.191. The van der Waals surface area contributed by atoms with Gasteiger partial charge in [-0.1, -0.05) is 38.5 Å². The molecule has 0 spiro atoms. The molecule has 1 aliphatic carbocycles. The molecule has 1 N–H and O–H groups in total. The number of esters is 3. The Morgan fingerprint density at radius 2 is 1.46 bits per heavy atom. The third-order valence-electron chi connectivity index (χ3n) is 7.55. The zero-order chi connectivity index (χ0) is 31.3. The van der Waals surface area contributed by atoms with Crippen LogP contribution in [0.2, 0.25) is 0 Å². The highest BCUT2D eigenvalue weighted by molar-refractivity contribution is 7.91. The predicted molar refractivity (Wildman–Crippen MR) is 156 cm³/mol. The molecule has 1 unspecified atom stereocenters. The van der Waals surface area contributed by atoms with Gasteiger partial charge >= 0.3 is 17.9 Å². The average Bonchev–Trinajstić information content (AvgIpc) is 3.22. The second-order valence-corrected chi connectivity index (χ2v) is 15.2. The predicted octanol–water partition coefficient (Wildman–Crippen LogP) is 4.10. The molecule has 1 aromatic rings. The normalized spacial score (nSPS) is 16.4. The fourth-order valence-corrected chi connectivity index (χ4v) is 7.24. The van der Waals surface area contributed by atoms with Crippen LogP contribution in [-0.4, -0.2) is 68.4 Å². The highest BCUT2D eigenvalue weighted by Crippen LogP contribution is 2.43. The summed E-state index contributed by atoms with van der Waals surface area (Å²) in [6.45, 7) is 14.2. The van der Waals surface area contributed by atoms with E-state index >= 15 is 0 Å². The molecule has 1 aromatic carbocycles. The molecule has 0 bridgehead atoms. The smallest absolute Gasteiger partial charge is 0.324 e. The first-order chi connectivity index (χ1) is 18.8. The van der Waals surface area contributed by atoms with Gasteiger partial charge in [-0.3, -0.25) is 14.4 Å². The Balaban J connectivity index is 2.42.